The van der Waals surface area contributed by atoms with Crippen LogP contribution in [-0.2, 0) is 14.3 Å². The minimum Gasteiger partial charge on any atom is -0.462 e. The first-order valence-electron chi connectivity index (χ1n) is 4.15. The van der Waals surface area contributed by atoms with Gasteiger partial charge in [0.15, 0.2) is 0 Å². The van der Waals surface area contributed by atoms with Crippen LogP contribution in [-0.4, -0.2) is 18.0 Å². The molecule has 1 unspecified atom stereocenters. The molecule has 0 aliphatic rings. The molecule has 0 rings (SSSR count). The number of esters is 1. The van der Waals surface area contributed by atoms with Crippen molar-refractivity contribution >= 4 is 11.9 Å². The number of carbonyl (C=O) groups is 2. The number of carbonyl (C=O) groups excluding carboxylic acids is 2. The van der Waals surface area contributed by atoms with Crippen molar-refractivity contribution in [1.82, 2.24) is 0 Å². The highest BCUT2D eigenvalue weighted by Crippen LogP contribution is 2.01. The summed E-state index contributed by atoms with van der Waals surface area (Å²) in [4.78, 5) is 21.4. The van der Waals surface area contributed by atoms with Gasteiger partial charge >= 0.3 is 5.97 Å². The van der Waals surface area contributed by atoms with Crippen LogP contribution in [0.15, 0.2) is 12.7 Å². The number of ether oxygens (including phenoxy) is 1. The van der Waals surface area contributed by atoms with Gasteiger partial charge in [-0.2, -0.15) is 0 Å². The van der Waals surface area contributed by atoms with Crippen LogP contribution in [0.25, 0.3) is 0 Å². The van der Waals surface area contributed by atoms with Crippen LogP contribution in [0.2, 0.25) is 0 Å². The normalized spacial score (nSPS) is 11.8. The topological polar surface area (TPSA) is 69.4 Å². The van der Waals surface area contributed by atoms with E-state index in [0.29, 0.717) is 12.8 Å². The maximum atomic E-state index is 11.0. The molecular weight excluding hydrogens is 170 g/mol. The maximum absolute atomic E-state index is 11.0. The molecule has 0 aromatic carbocycles. The molecule has 0 heterocycles. The Hall–Kier alpha value is -1.32. The Bertz CT molecular complexity index is 201. The van der Waals surface area contributed by atoms with Crippen molar-refractivity contribution in [3.8, 4) is 0 Å². The van der Waals surface area contributed by atoms with Gasteiger partial charge in [-0.15, -0.1) is 6.58 Å². The minimum atomic E-state index is -0.468. The highest BCUT2D eigenvalue weighted by molar-refractivity contribution is 5.75. The van der Waals surface area contributed by atoms with Gasteiger partial charge in [0.25, 0.3) is 0 Å². The Kier molecular flexibility index (Phi) is 5.59. The van der Waals surface area contributed by atoms with Crippen molar-refractivity contribution in [3.63, 3.8) is 0 Å². The highest BCUT2D eigenvalue weighted by Gasteiger charge is 2.10. The molecule has 0 aromatic heterocycles. The molecule has 0 fully saturated rings. The first kappa shape index (κ1) is 11.7. The quantitative estimate of drug-likeness (QED) is 0.490. The lowest BCUT2D eigenvalue weighted by atomic mass is 10.2. The van der Waals surface area contributed by atoms with E-state index in [4.69, 9.17) is 10.5 Å². The Morgan fingerprint density at radius 2 is 2.23 bits per heavy atom. The van der Waals surface area contributed by atoms with Crippen LogP contribution >= 0.6 is 0 Å². The van der Waals surface area contributed by atoms with E-state index in [1.54, 1.807) is 13.0 Å². The van der Waals surface area contributed by atoms with Gasteiger partial charge in [-0.05, 0) is 13.3 Å². The Morgan fingerprint density at radius 1 is 1.62 bits per heavy atom. The zero-order chi connectivity index (χ0) is 10.3. The molecular formula is C9H15NO3. The van der Waals surface area contributed by atoms with E-state index < -0.39 is 12.0 Å². The fourth-order valence-corrected chi connectivity index (χ4v) is 0.828. The van der Waals surface area contributed by atoms with Gasteiger partial charge in [-0.3, -0.25) is 9.59 Å². The summed E-state index contributed by atoms with van der Waals surface area (Å²) in [5.74, 6) is -0.794. The van der Waals surface area contributed by atoms with Gasteiger partial charge in [-0.1, -0.05) is 6.08 Å². The number of nitrogens with two attached hydrogens (primary N) is 1. The van der Waals surface area contributed by atoms with Crippen molar-refractivity contribution < 1.29 is 14.3 Å². The lowest BCUT2D eigenvalue weighted by Gasteiger charge is -2.10. The van der Waals surface area contributed by atoms with Crippen LogP contribution in [0, 0.1) is 0 Å². The Morgan fingerprint density at radius 3 is 2.69 bits per heavy atom. The third-order valence-electron chi connectivity index (χ3n) is 1.37. The summed E-state index contributed by atoms with van der Waals surface area (Å²) in [6.07, 6.45) is 2.16. The van der Waals surface area contributed by atoms with Gasteiger partial charge in [0.05, 0.1) is 6.42 Å². The molecule has 0 spiro atoms. The van der Waals surface area contributed by atoms with Crippen LogP contribution in [0.4, 0.5) is 0 Å². The fourth-order valence-electron chi connectivity index (χ4n) is 0.828. The molecule has 0 radical (unpaired) electrons. The minimum absolute atomic E-state index is 0.0693. The van der Waals surface area contributed by atoms with Crippen LogP contribution < -0.4 is 5.73 Å². The Balaban J connectivity index is 3.64. The third kappa shape index (κ3) is 7.05. The summed E-state index contributed by atoms with van der Waals surface area (Å²) < 4.78 is 4.88. The SMILES string of the molecule is C=CCCC(=O)OC(C)CC(N)=O. The van der Waals surface area contributed by atoms with Crippen LogP contribution in [0.1, 0.15) is 26.2 Å². The predicted molar refractivity (Wildman–Crippen MR) is 48.8 cm³/mol. The van der Waals surface area contributed by atoms with Crippen LogP contribution in [0.5, 0.6) is 0 Å². The molecule has 4 heteroatoms. The standard InChI is InChI=1S/C9H15NO3/c1-3-4-5-9(12)13-7(2)6-8(10)11/h3,7H,1,4-6H2,2H3,(H2,10,11). The van der Waals surface area contributed by atoms with E-state index in [0.717, 1.165) is 0 Å². The summed E-state index contributed by atoms with van der Waals surface area (Å²) in [7, 11) is 0. The van der Waals surface area contributed by atoms with Crippen molar-refractivity contribution in [2.24, 2.45) is 5.73 Å². The smallest absolute Gasteiger partial charge is 0.306 e. The summed E-state index contributed by atoms with van der Waals surface area (Å²) in [6.45, 7) is 5.11. The van der Waals surface area contributed by atoms with Crippen molar-refractivity contribution in [3.05, 3.63) is 12.7 Å². The van der Waals surface area contributed by atoms with E-state index in [1.165, 1.54) is 0 Å². The number of hydrogen-bond donors (Lipinski definition) is 1. The zero-order valence-electron chi connectivity index (χ0n) is 7.79. The van der Waals surface area contributed by atoms with Crippen molar-refractivity contribution in [2.75, 3.05) is 0 Å². The molecule has 0 saturated carbocycles. The van der Waals surface area contributed by atoms with Gasteiger partial charge < -0.3 is 10.5 Å². The average Bonchev–Trinajstić information content (AvgIpc) is 1.98. The van der Waals surface area contributed by atoms with E-state index >= 15 is 0 Å². The molecule has 0 aromatic rings. The number of hydrogen-bond acceptors (Lipinski definition) is 3. The zero-order valence-corrected chi connectivity index (χ0v) is 7.79. The second kappa shape index (κ2) is 6.22. The second-order valence-corrected chi connectivity index (χ2v) is 2.80. The predicted octanol–water partition coefficient (Wildman–Crippen LogP) is 0.760. The number of allylic oxidation sites excluding steroid dienone is 1. The lowest BCUT2D eigenvalue weighted by Crippen LogP contribution is -2.22. The van der Waals surface area contributed by atoms with Gasteiger partial charge in [0.1, 0.15) is 6.10 Å². The molecule has 1 atom stereocenters. The lowest BCUT2D eigenvalue weighted by molar-refractivity contribution is -0.149. The molecule has 13 heavy (non-hydrogen) atoms. The molecule has 0 aliphatic carbocycles. The molecule has 1 amide bonds. The first-order chi connectivity index (χ1) is 6.06. The van der Waals surface area contributed by atoms with Gasteiger partial charge in [-0.25, -0.2) is 0 Å². The van der Waals surface area contributed by atoms with E-state index in [-0.39, 0.29) is 12.4 Å². The van der Waals surface area contributed by atoms with Crippen LogP contribution in [0.3, 0.4) is 0 Å². The molecule has 0 bridgehead atoms. The molecule has 74 valence electrons. The summed E-state index contributed by atoms with van der Waals surface area (Å²) >= 11 is 0. The number of amides is 1. The van der Waals surface area contributed by atoms with E-state index in [2.05, 4.69) is 6.58 Å². The number of primary amides is 1. The molecule has 2 N–H and O–H groups in total. The van der Waals surface area contributed by atoms with Crippen molar-refractivity contribution in [2.45, 2.75) is 32.3 Å². The third-order valence-corrected chi connectivity index (χ3v) is 1.37. The van der Waals surface area contributed by atoms with Gasteiger partial charge in [0, 0.05) is 6.42 Å². The van der Waals surface area contributed by atoms with E-state index in [9.17, 15) is 9.59 Å². The van der Waals surface area contributed by atoms with Crippen molar-refractivity contribution in [1.29, 1.82) is 0 Å². The first-order valence-corrected chi connectivity index (χ1v) is 4.15. The average molecular weight is 185 g/mol. The fraction of sp³-hybridized carbons (Fsp3) is 0.556. The molecule has 4 nitrogen and oxygen atoms in total. The molecule has 0 aliphatic heterocycles. The summed E-state index contributed by atoms with van der Waals surface area (Å²) in [5.41, 5.74) is 4.92. The largest absolute Gasteiger partial charge is 0.462 e. The number of rotatable bonds is 6. The second-order valence-electron chi connectivity index (χ2n) is 2.80. The summed E-state index contributed by atoms with van der Waals surface area (Å²) in [5, 5.41) is 0. The van der Waals surface area contributed by atoms with Gasteiger partial charge in [0.2, 0.25) is 5.91 Å². The highest BCUT2D eigenvalue weighted by atomic mass is 16.5. The molecule has 0 saturated heterocycles. The monoisotopic (exact) mass is 185 g/mol. The Labute approximate surface area is 77.7 Å². The summed E-state index contributed by atoms with van der Waals surface area (Å²) in [6, 6.07) is 0. The maximum Gasteiger partial charge on any atom is 0.306 e. The van der Waals surface area contributed by atoms with E-state index in [1.807, 2.05) is 0 Å².